The molecule has 2 N–H and O–H groups in total. The van der Waals surface area contributed by atoms with E-state index < -0.39 is 0 Å². The number of nitrogens with zero attached hydrogens (tertiary/aromatic N) is 3. The van der Waals surface area contributed by atoms with Gasteiger partial charge in [-0.15, -0.1) is 0 Å². The molecule has 0 amide bonds. The van der Waals surface area contributed by atoms with Crippen molar-refractivity contribution in [3.05, 3.63) is 40.5 Å². The zero-order valence-corrected chi connectivity index (χ0v) is 13.8. The number of anilines is 1. The number of pyridine rings is 2. The summed E-state index contributed by atoms with van der Waals surface area (Å²) in [6.45, 7) is 5.96. The molecule has 5 heteroatoms. The van der Waals surface area contributed by atoms with E-state index in [-0.39, 0.29) is 0 Å². The first-order valence-electron chi connectivity index (χ1n) is 7.65. The Labute approximate surface area is 136 Å². The lowest BCUT2D eigenvalue weighted by Crippen LogP contribution is -2.40. The van der Waals surface area contributed by atoms with Crippen LogP contribution in [-0.4, -0.2) is 29.1 Å². The van der Waals surface area contributed by atoms with Crippen molar-refractivity contribution in [2.24, 2.45) is 5.73 Å². The third kappa shape index (κ3) is 3.08. The summed E-state index contributed by atoms with van der Waals surface area (Å²) < 4.78 is 0. The molecule has 0 spiro atoms. The van der Waals surface area contributed by atoms with Crippen LogP contribution in [0, 0.1) is 13.8 Å². The fraction of sp³-hybridized carbons (Fsp3) is 0.412. The van der Waals surface area contributed by atoms with Gasteiger partial charge >= 0.3 is 0 Å². The van der Waals surface area contributed by atoms with Crippen LogP contribution in [0.3, 0.4) is 0 Å². The van der Waals surface area contributed by atoms with Crippen molar-refractivity contribution in [1.29, 1.82) is 0 Å². The van der Waals surface area contributed by atoms with Crippen molar-refractivity contribution in [2.75, 3.05) is 18.0 Å². The smallest absolute Gasteiger partial charge is 0.129 e. The van der Waals surface area contributed by atoms with Gasteiger partial charge in [-0.1, -0.05) is 17.7 Å². The quantitative estimate of drug-likeness (QED) is 0.923. The molecule has 0 saturated carbocycles. The van der Waals surface area contributed by atoms with E-state index in [1.165, 1.54) is 0 Å². The fourth-order valence-corrected chi connectivity index (χ4v) is 3.06. The van der Waals surface area contributed by atoms with Gasteiger partial charge in [0.25, 0.3) is 0 Å². The molecule has 0 unspecified atom stereocenters. The number of halogens is 1. The van der Waals surface area contributed by atoms with Crippen LogP contribution in [-0.2, 0) is 0 Å². The summed E-state index contributed by atoms with van der Waals surface area (Å²) in [6.07, 6.45) is 3.86. The van der Waals surface area contributed by atoms with Crippen molar-refractivity contribution < 1.29 is 0 Å². The molecular weight excluding hydrogens is 296 g/mol. The molecule has 4 nitrogen and oxygen atoms in total. The predicted molar refractivity (Wildman–Crippen MR) is 91.4 cm³/mol. The van der Waals surface area contributed by atoms with Gasteiger partial charge in [0.1, 0.15) is 11.5 Å². The highest BCUT2D eigenvalue weighted by atomic mass is 35.5. The minimum absolute atomic E-state index is 0.309. The predicted octanol–water partition coefficient (Wildman–Crippen LogP) is 3.34. The second kappa shape index (κ2) is 6.23. The Balaban J connectivity index is 1.96. The minimum Gasteiger partial charge on any atom is -0.356 e. The lowest BCUT2D eigenvalue weighted by Gasteiger charge is -2.31. The first-order chi connectivity index (χ1) is 10.5. The van der Waals surface area contributed by atoms with Crippen molar-refractivity contribution in [2.45, 2.75) is 32.7 Å². The summed E-state index contributed by atoms with van der Waals surface area (Å²) in [5, 5.41) is 0.636. The highest BCUT2D eigenvalue weighted by molar-refractivity contribution is 6.33. The minimum atomic E-state index is 0.309. The largest absolute Gasteiger partial charge is 0.356 e. The number of piperidine rings is 1. The first-order valence-corrected chi connectivity index (χ1v) is 8.03. The summed E-state index contributed by atoms with van der Waals surface area (Å²) >= 11 is 6.36. The number of rotatable bonds is 2. The highest BCUT2D eigenvalue weighted by Gasteiger charge is 2.19. The van der Waals surface area contributed by atoms with Crippen LogP contribution < -0.4 is 10.6 Å². The average Bonchev–Trinajstić information content (AvgIpc) is 2.49. The summed E-state index contributed by atoms with van der Waals surface area (Å²) in [7, 11) is 0. The van der Waals surface area contributed by atoms with E-state index in [2.05, 4.69) is 16.0 Å². The monoisotopic (exact) mass is 316 g/mol. The van der Waals surface area contributed by atoms with Crippen LogP contribution >= 0.6 is 11.6 Å². The van der Waals surface area contributed by atoms with Gasteiger partial charge in [-0.25, -0.2) is 4.98 Å². The van der Waals surface area contributed by atoms with Crippen LogP contribution in [0.2, 0.25) is 5.02 Å². The molecule has 3 rings (SSSR count). The van der Waals surface area contributed by atoms with E-state index >= 15 is 0 Å². The lowest BCUT2D eigenvalue weighted by molar-refractivity contribution is 0.499. The molecule has 2 aromatic rings. The Morgan fingerprint density at radius 1 is 1.18 bits per heavy atom. The van der Waals surface area contributed by atoms with E-state index in [1.807, 2.05) is 32.2 Å². The summed E-state index contributed by atoms with van der Waals surface area (Å²) in [5.41, 5.74) is 9.81. The Hall–Kier alpha value is -1.65. The second-order valence-corrected chi connectivity index (χ2v) is 6.41. The van der Waals surface area contributed by atoms with Gasteiger partial charge in [0.2, 0.25) is 0 Å². The highest BCUT2D eigenvalue weighted by Crippen LogP contribution is 2.30. The van der Waals surface area contributed by atoms with E-state index in [4.69, 9.17) is 22.3 Å². The third-order valence-corrected chi connectivity index (χ3v) is 4.44. The van der Waals surface area contributed by atoms with Gasteiger partial charge in [0.05, 0.1) is 10.7 Å². The number of nitrogens with two attached hydrogens (primary N) is 1. The molecule has 1 saturated heterocycles. The molecule has 0 radical (unpaired) electrons. The molecule has 0 bridgehead atoms. The fourth-order valence-electron chi connectivity index (χ4n) is 2.87. The van der Waals surface area contributed by atoms with Crippen LogP contribution in [0.4, 0.5) is 5.82 Å². The molecule has 1 fully saturated rings. The first kappa shape index (κ1) is 15.3. The molecule has 3 heterocycles. The Morgan fingerprint density at radius 2 is 1.91 bits per heavy atom. The summed E-state index contributed by atoms with van der Waals surface area (Å²) in [4.78, 5) is 11.6. The molecule has 22 heavy (non-hydrogen) atoms. The third-order valence-electron chi connectivity index (χ3n) is 4.13. The number of hydrogen-bond donors (Lipinski definition) is 1. The average molecular weight is 317 g/mol. The van der Waals surface area contributed by atoms with E-state index in [9.17, 15) is 0 Å². The van der Waals surface area contributed by atoms with E-state index in [0.29, 0.717) is 11.1 Å². The van der Waals surface area contributed by atoms with Gasteiger partial charge < -0.3 is 10.6 Å². The second-order valence-electron chi connectivity index (χ2n) is 6.00. The van der Waals surface area contributed by atoms with Gasteiger partial charge in [-0.05, 0) is 49.9 Å². The molecule has 1 aliphatic rings. The van der Waals surface area contributed by atoms with Crippen LogP contribution in [0.25, 0.3) is 11.4 Å². The molecule has 116 valence electrons. The lowest BCUT2D eigenvalue weighted by atomic mass is 10.1. The van der Waals surface area contributed by atoms with Crippen molar-refractivity contribution >= 4 is 17.4 Å². The standard InChI is InChI=1S/C17H21ClN4/c1-11-9-12(2)16(20-10-11)17-14(18)3-4-15(21-17)22-7-5-13(19)6-8-22/h3-4,9-10,13H,5-8,19H2,1-2H3. The Bertz CT molecular complexity index is 678. The van der Waals surface area contributed by atoms with Crippen LogP contribution in [0.5, 0.6) is 0 Å². The van der Waals surface area contributed by atoms with Crippen molar-refractivity contribution in [3.63, 3.8) is 0 Å². The van der Waals surface area contributed by atoms with Crippen molar-refractivity contribution in [3.8, 4) is 11.4 Å². The zero-order valence-electron chi connectivity index (χ0n) is 13.0. The Morgan fingerprint density at radius 3 is 2.59 bits per heavy atom. The topological polar surface area (TPSA) is 55.0 Å². The van der Waals surface area contributed by atoms with Crippen LogP contribution in [0.1, 0.15) is 24.0 Å². The van der Waals surface area contributed by atoms with Gasteiger partial charge in [-0.2, -0.15) is 0 Å². The molecule has 1 aliphatic heterocycles. The van der Waals surface area contributed by atoms with E-state index in [0.717, 1.165) is 54.3 Å². The maximum Gasteiger partial charge on any atom is 0.129 e. The molecule has 2 aromatic heterocycles. The van der Waals surface area contributed by atoms with Gasteiger partial charge in [0, 0.05) is 25.3 Å². The zero-order chi connectivity index (χ0) is 15.7. The maximum atomic E-state index is 6.36. The molecular formula is C17H21ClN4. The molecule has 0 aliphatic carbocycles. The molecule has 0 aromatic carbocycles. The molecule has 0 atom stereocenters. The van der Waals surface area contributed by atoms with Crippen LogP contribution in [0.15, 0.2) is 24.4 Å². The maximum absolute atomic E-state index is 6.36. The number of aryl methyl sites for hydroxylation is 2. The normalized spacial score (nSPS) is 16.1. The van der Waals surface area contributed by atoms with Gasteiger partial charge in [0.15, 0.2) is 0 Å². The summed E-state index contributed by atoms with van der Waals surface area (Å²) in [5.74, 6) is 0.952. The summed E-state index contributed by atoms with van der Waals surface area (Å²) in [6, 6.07) is 6.30. The number of hydrogen-bond acceptors (Lipinski definition) is 4. The Kier molecular flexibility index (Phi) is 4.32. The van der Waals surface area contributed by atoms with E-state index in [1.54, 1.807) is 0 Å². The van der Waals surface area contributed by atoms with Crippen molar-refractivity contribution in [1.82, 2.24) is 9.97 Å². The van der Waals surface area contributed by atoms with Gasteiger partial charge in [-0.3, -0.25) is 4.98 Å². The SMILES string of the molecule is Cc1cnc(-c2nc(N3CCC(N)CC3)ccc2Cl)c(C)c1. The number of aromatic nitrogens is 2.